The van der Waals surface area contributed by atoms with Gasteiger partial charge in [0.2, 0.25) is 0 Å². The quantitative estimate of drug-likeness (QED) is 0.828. The first-order valence-electron chi connectivity index (χ1n) is 4.45. The van der Waals surface area contributed by atoms with E-state index in [1.807, 2.05) is 0 Å². The number of Topliss-reactive ketones (excluding diaryl/α,β-unsaturated/α-hetero) is 1. The van der Waals surface area contributed by atoms with Gasteiger partial charge in [-0.05, 0) is 41.4 Å². The summed E-state index contributed by atoms with van der Waals surface area (Å²) < 4.78 is 2.16. The summed E-state index contributed by atoms with van der Waals surface area (Å²) >= 11 is 3.17. The molecule has 1 aromatic rings. The lowest BCUT2D eigenvalue weighted by atomic mass is 10.2. The minimum absolute atomic E-state index is 0.0453. The molecule has 0 saturated carbocycles. The number of hydrogen-bond donors (Lipinski definition) is 0. The Morgan fingerprint density at radius 3 is 2.93 bits per heavy atom. The lowest BCUT2D eigenvalue weighted by Crippen LogP contribution is -2.19. The number of aryl methyl sites for hydroxylation is 1. The lowest BCUT2D eigenvalue weighted by molar-refractivity contribution is -0.117. The van der Waals surface area contributed by atoms with Crippen molar-refractivity contribution in [2.75, 3.05) is 0 Å². The Kier molecular flexibility index (Phi) is 4.07. The molecule has 0 spiro atoms. The van der Waals surface area contributed by atoms with E-state index < -0.39 is 0 Å². The minimum Gasteiger partial charge on any atom is -0.315 e. The summed E-state index contributed by atoms with van der Waals surface area (Å²) in [5.41, 5.74) is -0.0453. The molecule has 0 amide bonds. The van der Waals surface area contributed by atoms with E-state index in [0.29, 0.717) is 23.9 Å². The van der Waals surface area contributed by atoms with Crippen LogP contribution in [0.5, 0.6) is 0 Å². The standard InChI is InChI=1S/C10H12BrNO2/c1-8(13)4-2-6-12-7-3-5-9(11)10(12)14/h3,5,7H,2,4,6H2,1H3. The summed E-state index contributed by atoms with van der Waals surface area (Å²) in [4.78, 5) is 22.2. The zero-order valence-corrected chi connectivity index (χ0v) is 9.58. The summed E-state index contributed by atoms with van der Waals surface area (Å²) in [5, 5.41) is 0. The first-order valence-corrected chi connectivity index (χ1v) is 5.25. The van der Waals surface area contributed by atoms with Crippen LogP contribution >= 0.6 is 15.9 Å². The Morgan fingerprint density at radius 2 is 2.29 bits per heavy atom. The van der Waals surface area contributed by atoms with Crippen LogP contribution in [0.2, 0.25) is 0 Å². The smallest absolute Gasteiger partial charge is 0.264 e. The number of halogens is 1. The molecule has 0 atom stereocenters. The van der Waals surface area contributed by atoms with Crippen LogP contribution in [0.25, 0.3) is 0 Å². The fourth-order valence-electron chi connectivity index (χ4n) is 1.18. The number of carbonyl (C=O) groups excluding carboxylic acids is 1. The topological polar surface area (TPSA) is 39.1 Å². The number of ketones is 1. The molecule has 0 aliphatic carbocycles. The monoisotopic (exact) mass is 257 g/mol. The van der Waals surface area contributed by atoms with E-state index in [2.05, 4.69) is 15.9 Å². The van der Waals surface area contributed by atoms with Crippen LogP contribution in [0.15, 0.2) is 27.6 Å². The van der Waals surface area contributed by atoms with E-state index in [9.17, 15) is 9.59 Å². The minimum atomic E-state index is -0.0453. The highest BCUT2D eigenvalue weighted by Gasteiger charge is 2.00. The molecule has 0 N–H and O–H groups in total. The summed E-state index contributed by atoms with van der Waals surface area (Å²) in [6.07, 6.45) is 2.97. The molecule has 0 fully saturated rings. The zero-order valence-electron chi connectivity index (χ0n) is 8.00. The summed E-state index contributed by atoms with van der Waals surface area (Å²) in [5.74, 6) is 0.160. The molecule has 0 radical (unpaired) electrons. The van der Waals surface area contributed by atoms with Crippen LogP contribution in [-0.2, 0) is 11.3 Å². The molecule has 14 heavy (non-hydrogen) atoms. The Bertz CT molecular complexity index is 384. The van der Waals surface area contributed by atoms with Crippen LogP contribution in [-0.4, -0.2) is 10.4 Å². The van der Waals surface area contributed by atoms with Crippen molar-refractivity contribution >= 4 is 21.7 Å². The van der Waals surface area contributed by atoms with Gasteiger partial charge in [0.25, 0.3) is 5.56 Å². The average Bonchev–Trinajstić information content (AvgIpc) is 2.12. The maximum atomic E-state index is 11.5. The molecule has 4 heteroatoms. The molecule has 0 bridgehead atoms. The van der Waals surface area contributed by atoms with Gasteiger partial charge in [0.05, 0.1) is 4.47 Å². The first-order chi connectivity index (χ1) is 6.61. The van der Waals surface area contributed by atoms with Gasteiger partial charge >= 0.3 is 0 Å². The molecule has 0 aliphatic heterocycles. The van der Waals surface area contributed by atoms with Crippen LogP contribution in [0.1, 0.15) is 19.8 Å². The van der Waals surface area contributed by atoms with E-state index in [-0.39, 0.29) is 11.3 Å². The van der Waals surface area contributed by atoms with Gasteiger partial charge in [0.1, 0.15) is 5.78 Å². The normalized spacial score (nSPS) is 10.1. The maximum Gasteiger partial charge on any atom is 0.264 e. The maximum absolute atomic E-state index is 11.5. The van der Waals surface area contributed by atoms with E-state index in [1.165, 1.54) is 0 Å². The lowest BCUT2D eigenvalue weighted by Gasteiger charge is -2.04. The molecule has 1 heterocycles. The van der Waals surface area contributed by atoms with Gasteiger partial charge in [-0.1, -0.05) is 0 Å². The van der Waals surface area contributed by atoms with Crippen molar-refractivity contribution in [1.29, 1.82) is 0 Å². The van der Waals surface area contributed by atoms with Crippen LogP contribution in [0, 0.1) is 0 Å². The molecule has 1 rings (SSSR count). The van der Waals surface area contributed by atoms with E-state index in [4.69, 9.17) is 0 Å². The van der Waals surface area contributed by atoms with E-state index in [0.717, 1.165) is 0 Å². The fraction of sp³-hybridized carbons (Fsp3) is 0.400. The first kappa shape index (κ1) is 11.2. The average molecular weight is 258 g/mol. The van der Waals surface area contributed by atoms with Gasteiger partial charge in [-0.25, -0.2) is 0 Å². The van der Waals surface area contributed by atoms with Gasteiger partial charge in [0.15, 0.2) is 0 Å². The number of nitrogens with zero attached hydrogens (tertiary/aromatic N) is 1. The molecule has 0 aromatic carbocycles. The highest BCUT2D eigenvalue weighted by atomic mass is 79.9. The van der Waals surface area contributed by atoms with Crippen molar-refractivity contribution in [3.63, 3.8) is 0 Å². The van der Waals surface area contributed by atoms with Gasteiger partial charge in [-0.2, -0.15) is 0 Å². The van der Waals surface area contributed by atoms with E-state index >= 15 is 0 Å². The Morgan fingerprint density at radius 1 is 1.57 bits per heavy atom. The largest absolute Gasteiger partial charge is 0.315 e. The zero-order chi connectivity index (χ0) is 10.6. The van der Waals surface area contributed by atoms with Crippen molar-refractivity contribution < 1.29 is 4.79 Å². The predicted molar refractivity (Wildman–Crippen MR) is 58.3 cm³/mol. The fourth-order valence-corrected chi connectivity index (χ4v) is 1.56. The molecular formula is C10H12BrNO2. The second kappa shape index (κ2) is 5.10. The Labute approximate surface area is 90.9 Å². The predicted octanol–water partition coefficient (Wildman–Crippen LogP) is 1.98. The number of pyridine rings is 1. The van der Waals surface area contributed by atoms with Gasteiger partial charge < -0.3 is 9.36 Å². The molecule has 0 aliphatic rings. The third-order valence-electron chi connectivity index (χ3n) is 1.90. The van der Waals surface area contributed by atoms with Crippen molar-refractivity contribution in [2.45, 2.75) is 26.3 Å². The van der Waals surface area contributed by atoms with Crippen LogP contribution < -0.4 is 5.56 Å². The summed E-state index contributed by atoms with van der Waals surface area (Å²) in [6, 6.07) is 3.52. The van der Waals surface area contributed by atoms with Crippen molar-refractivity contribution in [2.24, 2.45) is 0 Å². The number of carbonyl (C=O) groups is 1. The Hall–Kier alpha value is -0.900. The number of rotatable bonds is 4. The third kappa shape index (κ3) is 3.10. The van der Waals surface area contributed by atoms with Crippen molar-refractivity contribution in [3.05, 3.63) is 33.2 Å². The summed E-state index contributed by atoms with van der Waals surface area (Å²) in [6.45, 7) is 2.15. The molecular weight excluding hydrogens is 246 g/mol. The molecule has 3 nitrogen and oxygen atoms in total. The highest BCUT2D eigenvalue weighted by Crippen LogP contribution is 2.01. The second-order valence-corrected chi connectivity index (χ2v) is 4.01. The molecule has 0 saturated heterocycles. The van der Waals surface area contributed by atoms with Gasteiger partial charge in [0, 0.05) is 19.2 Å². The molecule has 1 aromatic heterocycles. The Balaban J connectivity index is 2.64. The van der Waals surface area contributed by atoms with Crippen LogP contribution in [0.3, 0.4) is 0 Å². The molecule has 0 unspecified atom stereocenters. The van der Waals surface area contributed by atoms with Gasteiger partial charge in [-0.3, -0.25) is 4.79 Å². The van der Waals surface area contributed by atoms with Gasteiger partial charge in [-0.15, -0.1) is 0 Å². The van der Waals surface area contributed by atoms with Crippen LogP contribution in [0.4, 0.5) is 0 Å². The molecule has 76 valence electrons. The third-order valence-corrected chi connectivity index (χ3v) is 2.51. The highest BCUT2D eigenvalue weighted by molar-refractivity contribution is 9.10. The number of hydrogen-bond acceptors (Lipinski definition) is 2. The second-order valence-electron chi connectivity index (χ2n) is 3.16. The van der Waals surface area contributed by atoms with E-state index in [1.54, 1.807) is 29.8 Å². The van der Waals surface area contributed by atoms with Crippen molar-refractivity contribution in [3.8, 4) is 0 Å². The SMILES string of the molecule is CC(=O)CCCn1cccc(Br)c1=O. The van der Waals surface area contributed by atoms with Crippen molar-refractivity contribution in [1.82, 2.24) is 4.57 Å². The number of aromatic nitrogens is 1. The summed E-state index contributed by atoms with van der Waals surface area (Å²) in [7, 11) is 0.